The van der Waals surface area contributed by atoms with Crippen LogP contribution in [0.1, 0.15) is 17.7 Å². The van der Waals surface area contributed by atoms with Gasteiger partial charge in [0.15, 0.2) is 5.82 Å². The van der Waals surface area contributed by atoms with Gasteiger partial charge >= 0.3 is 0 Å². The highest BCUT2D eigenvalue weighted by molar-refractivity contribution is 7.99. The summed E-state index contributed by atoms with van der Waals surface area (Å²) >= 11 is 3.05. The minimum Gasteiger partial charge on any atom is -0.291 e. The molecule has 0 unspecified atom stereocenters. The van der Waals surface area contributed by atoms with Crippen LogP contribution in [0.2, 0.25) is 0 Å². The highest BCUT2D eigenvalue weighted by Crippen LogP contribution is 2.35. The Morgan fingerprint density at radius 2 is 2.00 bits per heavy atom. The second-order valence-electron chi connectivity index (χ2n) is 6.04. The molecule has 8 nitrogen and oxygen atoms in total. The van der Waals surface area contributed by atoms with Gasteiger partial charge in [-0.25, -0.2) is 13.4 Å². The van der Waals surface area contributed by atoms with Crippen LogP contribution in [-0.4, -0.2) is 40.0 Å². The maximum Gasteiger partial charge on any atom is 0.257 e. The van der Waals surface area contributed by atoms with Gasteiger partial charge in [-0.05, 0) is 43.9 Å². The molecule has 11 heteroatoms. The van der Waals surface area contributed by atoms with E-state index < -0.39 is 10.0 Å². The van der Waals surface area contributed by atoms with Crippen LogP contribution in [0.25, 0.3) is 5.78 Å². The van der Waals surface area contributed by atoms with E-state index in [0.29, 0.717) is 16.8 Å². The van der Waals surface area contributed by atoms with Crippen LogP contribution in [0.15, 0.2) is 39.2 Å². The van der Waals surface area contributed by atoms with Gasteiger partial charge in [0.2, 0.25) is 5.16 Å². The number of thioether (sulfide) groups is 2. The molecule has 142 valence electrons. The molecule has 2 N–H and O–H groups in total. The molecule has 0 amide bonds. The summed E-state index contributed by atoms with van der Waals surface area (Å²) in [6, 6.07) is 6.68. The van der Waals surface area contributed by atoms with Crippen molar-refractivity contribution in [2.75, 3.05) is 17.4 Å². The van der Waals surface area contributed by atoms with Crippen LogP contribution >= 0.6 is 23.5 Å². The Kier molecular flexibility index (Phi) is 5.01. The van der Waals surface area contributed by atoms with Crippen molar-refractivity contribution in [1.82, 2.24) is 24.4 Å². The van der Waals surface area contributed by atoms with Crippen LogP contribution in [0.5, 0.6) is 0 Å². The van der Waals surface area contributed by atoms with Crippen LogP contribution < -0.4 is 10.3 Å². The van der Waals surface area contributed by atoms with E-state index in [1.54, 1.807) is 40.5 Å². The fraction of sp³-hybridized carbons (Fsp3) is 0.312. The van der Waals surface area contributed by atoms with Crippen molar-refractivity contribution in [3.8, 4) is 0 Å². The van der Waals surface area contributed by atoms with E-state index in [1.807, 2.05) is 13.2 Å². The zero-order valence-corrected chi connectivity index (χ0v) is 17.2. The molecular formula is C16H18N6O2S3. The minimum atomic E-state index is -3.73. The molecule has 0 atom stereocenters. The molecule has 3 heterocycles. The Morgan fingerprint density at radius 3 is 2.74 bits per heavy atom. The molecule has 1 aliphatic rings. The molecule has 0 spiro atoms. The monoisotopic (exact) mass is 422 g/mol. The lowest BCUT2D eigenvalue weighted by Gasteiger charge is -2.19. The number of fused-ring (bicyclic) bond motifs is 2. The number of anilines is 1. The van der Waals surface area contributed by atoms with Crippen LogP contribution in [-0.2, 0) is 16.4 Å². The first kappa shape index (κ1) is 18.5. The van der Waals surface area contributed by atoms with Crippen molar-refractivity contribution in [3.63, 3.8) is 0 Å². The first-order valence-corrected chi connectivity index (χ1v) is 12.0. The minimum absolute atomic E-state index is 0.191. The van der Waals surface area contributed by atoms with E-state index in [2.05, 4.69) is 25.3 Å². The second kappa shape index (κ2) is 7.30. The third kappa shape index (κ3) is 3.64. The molecule has 0 fully saturated rings. The lowest BCUT2D eigenvalue weighted by Crippen LogP contribution is -2.31. The Labute approximate surface area is 165 Å². The predicted octanol–water partition coefficient (Wildman–Crippen LogP) is 2.50. The zero-order chi connectivity index (χ0) is 19.0. The van der Waals surface area contributed by atoms with Crippen molar-refractivity contribution >= 4 is 45.1 Å². The lowest BCUT2D eigenvalue weighted by molar-refractivity contribution is 0.587. The average molecular weight is 423 g/mol. The van der Waals surface area contributed by atoms with Gasteiger partial charge < -0.3 is 0 Å². The lowest BCUT2D eigenvalue weighted by atomic mass is 10.2. The second-order valence-corrected chi connectivity index (χ2v) is 9.60. The van der Waals surface area contributed by atoms with Crippen LogP contribution in [0, 0.1) is 6.92 Å². The molecule has 0 aliphatic carbocycles. The van der Waals surface area contributed by atoms with Gasteiger partial charge in [-0.2, -0.15) is 9.50 Å². The van der Waals surface area contributed by atoms with Gasteiger partial charge in [0.1, 0.15) is 0 Å². The van der Waals surface area contributed by atoms with Crippen molar-refractivity contribution in [2.45, 2.75) is 34.7 Å². The molecule has 0 radical (unpaired) electrons. The molecule has 4 rings (SSSR count). The molecule has 1 aromatic carbocycles. The fourth-order valence-electron chi connectivity index (χ4n) is 2.74. The Hall–Kier alpha value is -1.82. The molecule has 0 saturated carbocycles. The smallest absolute Gasteiger partial charge is 0.257 e. The number of hydrazine groups is 1. The SMILES string of the molecule is CSc1nc2nc3c(c(NNS(=O)(=O)c4ccc(C)cc4)n2n1)SCCC3. The number of hydrogen-bond acceptors (Lipinski definition) is 8. The molecule has 2 aromatic heterocycles. The van der Waals surface area contributed by atoms with E-state index in [0.717, 1.165) is 34.7 Å². The number of benzene rings is 1. The van der Waals surface area contributed by atoms with Crippen molar-refractivity contribution < 1.29 is 8.42 Å². The van der Waals surface area contributed by atoms with E-state index in [4.69, 9.17) is 0 Å². The van der Waals surface area contributed by atoms with Gasteiger partial charge in [0.25, 0.3) is 15.8 Å². The van der Waals surface area contributed by atoms with E-state index >= 15 is 0 Å². The highest BCUT2D eigenvalue weighted by Gasteiger charge is 2.23. The molecule has 0 saturated heterocycles. The van der Waals surface area contributed by atoms with Crippen molar-refractivity contribution in [2.24, 2.45) is 0 Å². The van der Waals surface area contributed by atoms with Gasteiger partial charge in [0.05, 0.1) is 15.5 Å². The Morgan fingerprint density at radius 1 is 1.22 bits per heavy atom. The topological polar surface area (TPSA) is 101 Å². The number of sulfonamides is 1. The Balaban J connectivity index is 1.72. The maximum atomic E-state index is 12.6. The molecule has 0 bridgehead atoms. The summed E-state index contributed by atoms with van der Waals surface area (Å²) in [7, 11) is -3.73. The van der Waals surface area contributed by atoms with Gasteiger partial charge in [-0.15, -0.1) is 21.7 Å². The largest absolute Gasteiger partial charge is 0.291 e. The summed E-state index contributed by atoms with van der Waals surface area (Å²) < 4.78 is 26.8. The van der Waals surface area contributed by atoms with E-state index in [-0.39, 0.29) is 4.90 Å². The van der Waals surface area contributed by atoms with Crippen molar-refractivity contribution in [1.29, 1.82) is 0 Å². The predicted molar refractivity (Wildman–Crippen MR) is 107 cm³/mol. The van der Waals surface area contributed by atoms with Gasteiger partial charge in [-0.1, -0.05) is 29.5 Å². The van der Waals surface area contributed by atoms with E-state index in [1.165, 1.54) is 11.8 Å². The number of aromatic nitrogens is 4. The number of aryl methyl sites for hydroxylation is 2. The first-order chi connectivity index (χ1) is 13.0. The maximum absolute atomic E-state index is 12.6. The summed E-state index contributed by atoms with van der Waals surface area (Å²) in [5.41, 5.74) is 4.77. The van der Waals surface area contributed by atoms with Crippen molar-refractivity contribution in [3.05, 3.63) is 35.5 Å². The summed E-state index contributed by atoms with van der Waals surface area (Å²) in [6.07, 6.45) is 3.75. The highest BCUT2D eigenvalue weighted by atomic mass is 32.2. The number of nitrogens with zero attached hydrogens (tertiary/aromatic N) is 4. The Bertz CT molecular complexity index is 1100. The zero-order valence-electron chi connectivity index (χ0n) is 14.8. The molecule has 3 aromatic rings. The van der Waals surface area contributed by atoms with Crippen LogP contribution in [0.3, 0.4) is 0 Å². The standard InChI is InChI=1S/C16H18N6O2S3/c1-10-5-7-11(8-6-10)27(23,24)21-19-14-13-12(4-3-9-26-13)17-15-18-16(25-2)20-22(14)15/h5-8,19,21H,3-4,9H2,1-2H3. The molecule has 1 aliphatic heterocycles. The number of nitrogens with one attached hydrogen (secondary N) is 2. The third-order valence-electron chi connectivity index (χ3n) is 4.12. The summed E-state index contributed by atoms with van der Waals surface area (Å²) in [6.45, 7) is 1.91. The summed E-state index contributed by atoms with van der Waals surface area (Å²) in [5, 5.41) is 5.00. The number of hydrogen-bond donors (Lipinski definition) is 2. The third-order valence-corrected chi connectivity index (χ3v) is 7.13. The first-order valence-electron chi connectivity index (χ1n) is 8.29. The van der Waals surface area contributed by atoms with Gasteiger partial charge in [0, 0.05) is 0 Å². The van der Waals surface area contributed by atoms with E-state index in [9.17, 15) is 8.42 Å². The van der Waals surface area contributed by atoms with Gasteiger partial charge in [-0.3, -0.25) is 5.43 Å². The quantitative estimate of drug-likeness (QED) is 0.478. The molecular weight excluding hydrogens is 404 g/mol. The summed E-state index contributed by atoms with van der Waals surface area (Å²) in [4.78, 5) is 12.5. The fourth-order valence-corrected chi connectivity index (χ4v) is 5.00. The average Bonchev–Trinajstić information content (AvgIpc) is 3.08. The number of rotatable bonds is 5. The summed E-state index contributed by atoms with van der Waals surface area (Å²) in [5.74, 6) is 1.95. The molecule has 27 heavy (non-hydrogen) atoms. The normalized spacial score (nSPS) is 14.3. The van der Waals surface area contributed by atoms with Crippen LogP contribution in [0.4, 0.5) is 5.82 Å².